The molecule has 0 saturated heterocycles. The highest BCUT2D eigenvalue weighted by Gasteiger charge is 2.15. The second-order valence-electron chi connectivity index (χ2n) is 4.09. The number of hydrogen-bond donors (Lipinski definition) is 1. The second-order valence-corrected chi connectivity index (χ2v) is 5.03. The van der Waals surface area contributed by atoms with Crippen molar-refractivity contribution < 1.29 is 19.4 Å². The van der Waals surface area contributed by atoms with E-state index >= 15 is 0 Å². The number of aliphatic carboxylic acids is 1. The van der Waals surface area contributed by atoms with Crippen LogP contribution < -0.4 is 9.47 Å². The van der Waals surface area contributed by atoms with Crippen molar-refractivity contribution in [3.8, 4) is 22.9 Å². The molecule has 0 fully saturated rings. The Morgan fingerprint density at radius 2 is 2.14 bits per heavy atom. The van der Waals surface area contributed by atoms with Gasteiger partial charge in [0, 0.05) is 7.05 Å². The molecule has 2 aromatic rings. The number of ether oxygens (including phenoxy) is 2. The molecule has 0 aliphatic heterocycles. The van der Waals surface area contributed by atoms with Crippen molar-refractivity contribution in [2.24, 2.45) is 7.05 Å². The maximum atomic E-state index is 10.6. The molecule has 0 amide bonds. The van der Waals surface area contributed by atoms with Crippen molar-refractivity contribution in [1.29, 1.82) is 0 Å². The number of aromatic nitrogens is 3. The molecular weight excluding hydrogens is 294 g/mol. The van der Waals surface area contributed by atoms with Crippen molar-refractivity contribution in [3.63, 3.8) is 0 Å². The Kier molecular flexibility index (Phi) is 4.69. The molecule has 1 heterocycles. The van der Waals surface area contributed by atoms with Gasteiger partial charge < -0.3 is 14.6 Å². The Hall–Kier alpha value is -2.22. The van der Waals surface area contributed by atoms with Gasteiger partial charge in [-0.1, -0.05) is 11.8 Å². The maximum Gasteiger partial charge on any atom is 0.313 e. The van der Waals surface area contributed by atoms with Crippen LogP contribution in [0.3, 0.4) is 0 Å². The van der Waals surface area contributed by atoms with Gasteiger partial charge in [-0.3, -0.25) is 4.79 Å². The monoisotopic (exact) mass is 309 g/mol. The minimum Gasteiger partial charge on any atom is -0.497 e. The summed E-state index contributed by atoms with van der Waals surface area (Å²) in [5.74, 6) is 0.778. The van der Waals surface area contributed by atoms with Crippen LogP contribution in [-0.4, -0.2) is 45.8 Å². The smallest absolute Gasteiger partial charge is 0.313 e. The van der Waals surface area contributed by atoms with Crippen LogP contribution >= 0.6 is 11.8 Å². The summed E-state index contributed by atoms with van der Waals surface area (Å²) in [5.41, 5.74) is 0.689. The maximum absolute atomic E-state index is 10.6. The van der Waals surface area contributed by atoms with Crippen LogP contribution in [-0.2, 0) is 11.8 Å². The first kappa shape index (κ1) is 15.2. The fourth-order valence-corrected chi connectivity index (χ4v) is 2.36. The summed E-state index contributed by atoms with van der Waals surface area (Å²) in [6, 6.07) is 5.33. The summed E-state index contributed by atoms with van der Waals surface area (Å²) in [6.45, 7) is 0. The highest BCUT2D eigenvalue weighted by Crippen LogP contribution is 2.32. The highest BCUT2D eigenvalue weighted by atomic mass is 32.2. The minimum atomic E-state index is -0.900. The van der Waals surface area contributed by atoms with Gasteiger partial charge in [-0.2, -0.15) is 5.10 Å². The van der Waals surface area contributed by atoms with Gasteiger partial charge in [0.25, 0.3) is 0 Å². The first-order valence-corrected chi connectivity index (χ1v) is 7.01. The lowest BCUT2D eigenvalue weighted by Crippen LogP contribution is -2.00. The summed E-state index contributed by atoms with van der Waals surface area (Å²) >= 11 is 1.11. The number of rotatable bonds is 6. The minimum absolute atomic E-state index is 0.0682. The molecule has 8 heteroatoms. The predicted octanol–water partition coefficient (Wildman–Crippen LogP) is 1.68. The molecule has 0 bridgehead atoms. The van der Waals surface area contributed by atoms with E-state index in [4.69, 9.17) is 14.6 Å². The number of carbonyl (C=O) groups is 1. The van der Waals surface area contributed by atoms with E-state index in [1.165, 1.54) is 0 Å². The first-order chi connectivity index (χ1) is 10.0. The largest absolute Gasteiger partial charge is 0.497 e. The van der Waals surface area contributed by atoms with E-state index in [9.17, 15) is 4.79 Å². The van der Waals surface area contributed by atoms with Crippen molar-refractivity contribution in [1.82, 2.24) is 14.8 Å². The zero-order valence-electron chi connectivity index (χ0n) is 11.9. The molecule has 2 rings (SSSR count). The number of methoxy groups -OCH3 is 2. The summed E-state index contributed by atoms with van der Waals surface area (Å²) < 4.78 is 12.0. The lowest BCUT2D eigenvalue weighted by Gasteiger charge is -2.07. The van der Waals surface area contributed by atoms with E-state index in [-0.39, 0.29) is 5.75 Å². The Balaban J connectivity index is 2.37. The highest BCUT2D eigenvalue weighted by molar-refractivity contribution is 7.99. The third-order valence-electron chi connectivity index (χ3n) is 2.70. The molecular formula is C13H15N3O4S. The van der Waals surface area contributed by atoms with Crippen LogP contribution in [0.5, 0.6) is 11.5 Å². The Morgan fingerprint density at radius 3 is 2.76 bits per heavy atom. The quantitative estimate of drug-likeness (QED) is 0.812. The molecule has 0 spiro atoms. The van der Waals surface area contributed by atoms with E-state index in [2.05, 4.69) is 10.1 Å². The lowest BCUT2D eigenvalue weighted by molar-refractivity contribution is -0.133. The number of aryl methyl sites for hydroxylation is 1. The van der Waals surface area contributed by atoms with Gasteiger partial charge in [0.05, 0.1) is 25.5 Å². The van der Waals surface area contributed by atoms with E-state index in [0.29, 0.717) is 28.0 Å². The van der Waals surface area contributed by atoms with Gasteiger partial charge >= 0.3 is 5.97 Å². The third kappa shape index (κ3) is 3.46. The lowest BCUT2D eigenvalue weighted by atomic mass is 10.2. The molecule has 0 saturated carbocycles. The average molecular weight is 309 g/mol. The van der Waals surface area contributed by atoms with Gasteiger partial charge in [-0.05, 0) is 18.2 Å². The number of carboxylic acids is 1. The molecule has 0 aliphatic rings. The summed E-state index contributed by atoms with van der Waals surface area (Å²) in [4.78, 5) is 15.0. The zero-order valence-corrected chi connectivity index (χ0v) is 12.7. The molecule has 0 radical (unpaired) electrons. The number of carboxylic acid groups (broad SMARTS) is 1. The molecule has 0 atom stereocenters. The summed E-state index contributed by atoms with van der Waals surface area (Å²) in [7, 11) is 4.85. The van der Waals surface area contributed by atoms with E-state index in [1.54, 1.807) is 44.1 Å². The number of hydrogen-bond acceptors (Lipinski definition) is 6. The number of benzene rings is 1. The molecule has 1 aromatic heterocycles. The van der Waals surface area contributed by atoms with Gasteiger partial charge in [-0.25, -0.2) is 9.67 Å². The van der Waals surface area contributed by atoms with Crippen molar-refractivity contribution in [2.45, 2.75) is 5.16 Å². The van der Waals surface area contributed by atoms with Gasteiger partial charge in [0.15, 0.2) is 11.0 Å². The molecule has 21 heavy (non-hydrogen) atoms. The Bertz CT molecular complexity index is 657. The fourth-order valence-electron chi connectivity index (χ4n) is 1.73. The van der Waals surface area contributed by atoms with E-state index < -0.39 is 5.97 Å². The van der Waals surface area contributed by atoms with Crippen molar-refractivity contribution >= 4 is 17.7 Å². The molecule has 0 unspecified atom stereocenters. The topological polar surface area (TPSA) is 86.5 Å². The van der Waals surface area contributed by atoms with Crippen molar-refractivity contribution in [2.75, 3.05) is 20.0 Å². The second kappa shape index (κ2) is 6.49. The van der Waals surface area contributed by atoms with Gasteiger partial charge in [-0.15, -0.1) is 0 Å². The van der Waals surface area contributed by atoms with E-state index in [1.807, 2.05) is 0 Å². The number of nitrogens with zero attached hydrogens (tertiary/aromatic N) is 3. The first-order valence-electron chi connectivity index (χ1n) is 6.03. The molecule has 112 valence electrons. The van der Waals surface area contributed by atoms with Crippen LogP contribution in [0.2, 0.25) is 0 Å². The summed E-state index contributed by atoms with van der Waals surface area (Å²) in [6.07, 6.45) is 0. The van der Waals surface area contributed by atoms with Crippen LogP contribution in [0, 0.1) is 0 Å². The van der Waals surface area contributed by atoms with Gasteiger partial charge in [0.2, 0.25) is 0 Å². The number of thioether (sulfide) groups is 1. The third-order valence-corrected chi connectivity index (χ3v) is 3.70. The predicted molar refractivity (Wildman–Crippen MR) is 77.9 cm³/mol. The SMILES string of the molecule is COc1ccc(OC)c(-c2nc(SCC(=O)O)n(C)n2)c1. The van der Waals surface area contributed by atoms with Crippen LogP contribution in [0.4, 0.5) is 0 Å². The standard InChI is InChI=1S/C13H15N3O4S/c1-16-13(21-7-11(17)18)14-12(15-16)9-6-8(19-2)4-5-10(9)20-3/h4-6H,7H2,1-3H3,(H,17,18). The van der Waals surface area contributed by atoms with Crippen LogP contribution in [0.25, 0.3) is 11.4 Å². The van der Waals surface area contributed by atoms with Crippen molar-refractivity contribution in [3.05, 3.63) is 18.2 Å². The summed E-state index contributed by atoms with van der Waals surface area (Å²) in [5, 5.41) is 13.5. The average Bonchev–Trinajstić information content (AvgIpc) is 2.85. The van der Waals surface area contributed by atoms with Crippen LogP contribution in [0.1, 0.15) is 0 Å². The van der Waals surface area contributed by atoms with E-state index in [0.717, 1.165) is 11.8 Å². The fraction of sp³-hybridized carbons (Fsp3) is 0.308. The molecule has 0 aliphatic carbocycles. The molecule has 1 aromatic carbocycles. The Labute approximate surface area is 125 Å². The zero-order chi connectivity index (χ0) is 15.4. The van der Waals surface area contributed by atoms with Crippen LogP contribution in [0.15, 0.2) is 23.4 Å². The molecule has 1 N–H and O–H groups in total. The Morgan fingerprint density at radius 1 is 1.38 bits per heavy atom. The normalized spacial score (nSPS) is 10.4. The van der Waals surface area contributed by atoms with Gasteiger partial charge in [0.1, 0.15) is 11.5 Å². The molecule has 7 nitrogen and oxygen atoms in total.